The Morgan fingerprint density at radius 3 is 2.86 bits per heavy atom. The van der Waals surface area contributed by atoms with E-state index >= 15 is 0 Å². The molecule has 1 aromatic heterocycles. The van der Waals surface area contributed by atoms with Crippen LogP contribution in [0.3, 0.4) is 0 Å². The summed E-state index contributed by atoms with van der Waals surface area (Å²) in [5.74, 6) is 0. The summed E-state index contributed by atoms with van der Waals surface area (Å²) in [4.78, 5) is 11.3. The summed E-state index contributed by atoms with van der Waals surface area (Å²) >= 11 is 0. The zero-order chi connectivity index (χ0) is 10.2. The number of pyridine rings is 1. The minimum absolute atomic E-state index is 0.00261. The molecule has 76 valence electrons. The van der Waals surface area contributed by atoms with Crippen molar-refractivity contribution in [2.45, 2.75) is 18.4 Å². The van der Waals surface area contributed by atoms with E-state index in [0.717, 1.165) is 18.5 Å². The highest BCUT2D eigenvalue weighted by molar-refractivity contribution is 5.46. The number of anilines is 1. The maximum atomic E-state index is 11.3. The second-order valence-electron chi connectivity index (χ2n) is 3.97. The first-order chi connectivity index (χ1) is 6.65. The molecule has 0 atom stereocenters. The van der Waals surface area contributed by atoms with Crippen LogP contribution in [-0.4, -0.2) is 16.7 Å². The van der Waals surface area contributed by atoms with Crippen LogP contribution in [0.1, 0.15) is 12.8 Å². The van der Waals surface area contributed by atoms with E-state index in [1.165, 1.54) is 0 Å². The van der Waals surface area contributed by atoms with Gasteiger partial charge >= 0.3 is 0 Å². The second kappa shape index (κ2) is 3.13. The van der Waals surface area contributed by atoms with Crippen LogP contribution in [-0.2, 0) is 7.05 Å². The smallest absolute Gasteiger partial charge is 0.252 e. The van der Waals surface area contributed by atoms with Crippen molar-refractivity contribution in [1.82, 2.24) is 4.57 Å². The van der Waals surface area contributed by atoms with E-state index in [9.17, 15) is 4.79 Å². The molecule has 0 spiro atoms. The lowest BCUT2D eigenvalue weighted by Gasteiger charge is -2.16. The van der Waals surface area contributed by atoms with Crippen LogP contribution >= 0.6 is 0 Å². The highest BCUT2D eigenvalue weighted by Crippen LogP contribution is 2.37. The molecule has 1 aliphatic carbocycles. The van der Waals surface area contributed by atoms with E-state index < -0.39 is 0 Å². The minimum Gasteiger partial charge on any atom is -0.378 e. The van der Waals surface area contributed by atoms with E-state index in [1.807, 2.05) is 6.07 Å². The van der Waals surface area contributed by atoms with E-state index in [0.29, 0.717) is 6.54 Å². The average molecular weight is 193 g/mol. The highest BCUT2D eigenvalue weighted by Gasteiger charge is 2.41. The highest BCUT2D eigenvalue weighted by atomic mass is 16.1. The number of rotatable bonds is 3. The van der Waals surface area contributed by atoms with Gasteiger partial charge in [0.25, 0.3) is 5.56 Å². The van der Waals surface area contributed by atoms with Crippen molar-refractivity contribution in [2.75, 3.05) is 11.9 Å². The Morgan fingerprint density at radius 1 is 1.64 bits per heavy atom. The average Bonchev–Trinajstić information content (AvgIpc) is 2.93. The van der Waals surface area contributed by atoms with Gasteiger partial charge in [-0.2, -0.15) is 0 Å². The van der Waals surface area contributed by atoms with Crippen molar-refractivity contribution < 1.29 is 0 Å². The molecule has 0 aliphatic heterocycles. The van der Waals surface area contributed by atoms with Gasteiger partial charge in [-0.1, -0.05) is 0 Å². The fourth-order valence-electron chi connectivity index (χ4n) is 1.46. The Balaban J connectivity index is 2.18. The maximum Gasteiger partial charge on any atom is 0.252 e. The molecule has 0 unspecified atom stereocenters. The predicted molar refractivity (Wildman–Crippen MR) is 56.3 cm³/mol. The van der Waals surface area contributed by atoms with Crippen LogP contribution in [0.25, 0.3) is 0 Å². The quantitative estimate of drug-likeness (QED) is 0.725. The number of hydrogen-bond donors (Lipinski definition) is 2. The third-order valence-electron chi connectivity index (χ3n) is 2.76. The minimum atomic E-state index is 0.00261. The molecule has 0 bridgehead atoms. The summed E-state index contributed by atoms with van der Waals surface area (Å²) in [5, 5.41) is 3.31. The number of nitrogens with zero attached hydrogens (tertiary/aromatic N) is 1. The van der Waals surface area contributed by atoms with Gasteiger partial charge in [0.05, 0.1) is 0 Å². The molecule has 0 radical (unpaired) electrons. The Kier molecular flexibility index (Phi) is 2.07. The van der Waals surface area contributed by atoms with Gasteiger partial charge < -0.3 is 15.6 Å². The normalized spacial score (nSPS) is 17.9. The lowest BCUT2D eigenvalue weighted by atomic mass is 10.2. The monoisotopic (exact) mass is 193 g/mol. The predicted octanol–water partition coefficient (Wildman–Crippen LogP) is 0.288. The van der Waals surface area contributed by atoms with E-state index in [1.54, 1.807) is 23.9 Å². The van der Waals surface area contributed by atoms with Crippen LogP contribution in [0.4, 0.5) is 5.69 Å². The van der Waals surface area contributed by atoms with Crippen LogP contribution in [0.15, 0.2) is 23.1 Å². The molecule has 1 aliphatic rings. The Hall–Kier alpha value is -1.29. The molecule has 1 aromatic rings. The summed E-state index contributed by atoms with van der Waals surface area (Å²) in [5.41, 5.74) is 6.57. The largest absolute Gasteiger partial charge is 0.378 e. The van der Waals surface area contributed by atoms with Crippen molar-refractivity contribution in [3.05, 3.63) is 28.7 Å². The molecular formula is C10H15N3O. The summed E-state index contributed by atoms with van der Waals surface area (Å²) in [6, 6.07) is 3.51. The lowest BCUT2D eigenvalue weighted by Crippen LogP contribution is -2.31. The zero-order valence-electron chi connectivity index (χ0n) is 8.29. The number of aryl methyl sites for hydroxylation is 1. The first-order valence-corrected chi connectivity index (χ1v) is 4.80. The van der Waals surface area contributed by atoms with Gasteiger partial charge in [-0.3, -0.25) is 4.79 Å². The molecule has 0 amide bonds. The summed E-state index contributed by atoms with van der Waals surface area (Å²) in [6.45, 7) is 0.627. The Morgan fingerprint density at radius 2 is 2.36 bits per heavy atom. The molecule has 4 heteroatoms. The molecule has 2 rings (SSSR count). The Bertz CT molecular complexity index is 393. The second-order valence-corrected chi connectivity index (χ2v) is 3.97. The number of nitrogens with one attached hydrogen (secondary N) is 1. The topological polar surface area (TPSA) is 60.1 Å². The third kappa shape index (κ3) is 1.65. The van der Waals surface area contributed by atoms with E-state index in [2.05, 4.69) is 5.32 Å². The zero-order valence-corrected chi connectivity index (χ0v) is 8.29. The van der Waals surface area contributed by atoms with Crippen LogP contribution in [0.5, 0.6) is 0 Å². The molecule has 1 saturated carbocycles. The third-order valence-corrected chi connectivity index (χ3v) is 2.76. The van der Waals surface area contributed by atoms with Crippen molar-refractivity contribution in [1.29, 1.82) is 0 Å². The fraction of sp³-hybridized carbons (Fsp3) is 0.500. The first-order valence-electron chi connectivity index (χ1n) is 4.80. The van der Waals surface area contributed by atoms with Crippen LogP contribution in [0.2, 0.25) is 0 Å². The molecule has 1 fully saturated rings. The van der Waals surface area contributed by atoms with Gasteiger partial charge in [-0.25, -0.2) is 0 Å². The molecule has 0 aromatic carbocycles. The molecule has 4 nitrogen and oxygen atoms in total. The van der Waals surface area contributed by atoms with Gasteiger partial charge in [-0.05, 0) is 18.9 Å². The van der Waals surface area contributed by atoms with Gasteiger partial charge in [0, 0.05) is 37.1 Å². The fourth-order valence-corrected chi connectivity index (χ4v) is 1.46. The molecule has 1 heterocycles. The maximum absolute atomic E-state index is 11.3. The van der Waals surface area contributed by atoms with Crippen molar-refractivity contribution in [3.63, 3.8) is 0 Å². The van der Waals surface area contributed by atoms with Gasteiger partial charge in [0.2, 0.25) is 0 Å². The number of hydrogen-bond acceptors (Lipinski definition) is 3. The molecule has 14 heavy (non-hydrogen) atoms. The first kappa shape index (κ1) is 9.27. The van der Waals surface area contributed by atoms with Crippen LogP contribution < -0.4 is 16.6 Å². The molecular weight excluding hydrogens is 178 g/mol. The van der Waals surface area contributed by atoms with Crippen molar-refractivity contribution >= 4 is 5.69 Å². The number of nitrogens with two attached hydrogens (primary N) is 1. The number of aromatic nitrogens is 1. The molecule has 0 saturated heterocycles. The summed E-state index contributed by atoms with van der Waals surface area (Å²) in [7, 11) is 1.74. The van der Waals surface area contributed by atoms with E-state index in [4.69, 9.17) is 5.73 Å². The standard InChI is InChI=1S/C10H15N3O/c1-13-5-2-8(6-9(13)14)12-10(7-11)3-4-10/h2,5-6,12H,3-4,7,11H2,1H3. The van der Waals surface area contributed by atoms with Crippen LogP contribution in [0, 0.1) is 0 Å². The summed E-state index contributed by atoms with van der Waals surface area (Å²) < 4.78 is 1.55. The summed E-state index contributed by atoms with van der Waals surface area (Å²) in [6.07, 6.45) is 3.95. The molecule has 3 N–H and O–H groups in total. The Labute approximate surface area is 82.7 Å². The van der Waals surface area contributed by atoms with Crippen molar-refractivity contribution in [2.24, 2.45) is 12.8 Å². The lowest BCUT2D eigenvalue weighted by molar-refractivity contribution is 0.739. The van der Waals surface area contributed by atoms with Gasteiger partial charge in [0.1, 0.15) is 0 Å². The van der Waals surface area contributed by atoms with Crippen molar-refractivity contribution in [3.8, 4) is 0 Å². The van der Waals surface area contributed by atoms with Gasteiger partial charge in [-0.15, -0.1) is 0 Å². The SMILES string of the molecule is Cn1ccc(NC2(CN)CC2)cc1=O. The van der Waals surface area contributed by atoms with Gasteiger partial charge in [0.15, 0.2) is 0 Å². The van der Waals surface area contributed by atoms with E-state index in [-0.39, 0.29) is 11.1 Å².